The van der Waals surface area contributed by atoms with E-state index in [0.29, 0.717) is 23.1 Å². The van der Waals surface area contributed by atoms with Crippen molar-refractivity contribution in [3.05, 3.63) is 64.9 Å². The molecule has 1 heterocycles. The third-order valence-corrected chi connectivity index (χ3v) is 5.41. The Morgan fingerprint density at radius 3 is 2.31 bits per heavy atom. The molecule has 0 aliphatic carbocycles. The topological polar surface area (TPSA) is 79.5 Å². The highest BCUT2D eigenvalue weighted by atomic mass is 19.1. The molecule has 29 heavy (non-hydrogen) atoms. The first-order valence-corrected chi connectivity index (χ1v) is 9.23. The van der Waals surface area contributed by atoms with Crippen molar-refractivity contribution in [3.8, 4) is 5.75 Å². The summed E-state index contributed by atoms with van der Waals surface area (Å²) < 4.78 is 28.6. The van der Waals surface area contributed by atoms with Crippen molar-refractivity contribution >= 4 is 22.8 Å². The van der Waals surface area contributed by atoms with Gasteiger partial charge in [-0.15, -0.1) is 0 Å². The van der Waals surface area contributed by atoms with Crippen LogP contribution in [0.1, 0.15) is 47.8 Å². The van der Waals surface area contributed by atoms with Crippen LogP contribution < -0.4 is 0 Å². The number of hydrogen-bond acceptors (Lipinski definition) is 3. The number of aliphatic carboxylic acids is 1. The van der Waals surface area contributed by atoms with Crippen LogP contribution in [-0.2, 0) is 4.79 Å². The van der Waals surface area contributed by atoms with E-state index in [0.717, 1.165) is 24.3 Å². The molecule has 152 valence electrons. The molecule has 3 rings (SSSR count). The Labute approximate surface area is 166 Å². The zero-order valence-corrected chi connectivity index (χ0v) is 16.2. The van der Waals surface area contributed by atoms with E-state index in [1.54, 1.807) is 13.8 Å². The summed E-state index contributed by atoms with van der Waals surface area (Å²) >= 11 is 0. The molecule has 3 aromatic rings. The second kappa shape index (κ2) is 7.66. The van der Waals surface area contributed by atoms with Gasteiger partial charge < -0.3 is 10.2 Å². The van der Waals surface area contributed by atoms with Gasteiger partial charge in [0, 0.05) is 22.7 Å². The van der Waals surface area contributed by atoms with E-state index >= 15 is 0 Å². The number of aromatic nitrogens is 1. The van der Waals surface area contributed by atoms with Crippen molar-refractivity contribution in [2.24, 2.45) is 5.92 Å². The molecule has 0 radical (unpaired) electrons. The molecule has 0 bridgehead atoms. The predicted molar refractivity (Wildman–Crippen MR) is 104 cm³/mol. The Hall–Kier alpha value is -3.22. The number of halogens is 2. The fraction of sp³-hybridized carbons (Fsp3) is 0.273. The van der Waals surface area contributed by atoms with Gasteiger partial charge in [0.05, 0.1) is 11.4 Å². The number of fused-ring (bicyclic) bond motifs is 1. The quantitative estimate of drug-likeness (QED) is 0.641. The maximum atomic E-state index is 14.1. The lowest BCUT2D eigenvalue weighted by molar-refractivity contribution is -0.140. The first kappa shape index (κ1) is 20.5. The average molecular weight is 401 g/mol. The van der Waals surface area contributed by atoms with Crippen LogP contribution in [0.15, 0.2) is 36.4 Å². The number of carboxylic acids is 1. The molecule has 0 fully saturated rings. The number of carbonyl (C=O) groups is 2. The molecule has 0 aliphatic heterocycles. The number of phenols is 1. The van der Waals surface area contributed by atoms with Gasteiger partial charge in [0.15, 0.2) is 11.6 Å². The molecule has 1 aromatic heterocycles. The van der Waals surface area contributed by atoms with Crippen molar-refractivity contribution in [2.75, 3.05) is 0 Å². The number of benzene rings is 2. The van der Waals surface area contributed by atoms with E-state index in [4.69, 9.17) is 0 Å². The summed E-state index contributed by atoms with van der Waals surface area (Å²) in [5.74, 6) is -4.89. The largest absolute Gasteiger partial charge is 0.505 e. The van der Waals surface area contributed by atoms with Crippen LogP contribution in [-0.4, -0.2) is 26.7 Å². The van der Waals surface area contributed by atoms with E-state index in [-0.39, 0.29) is 17.0 Å². The minimum absolute atomic E-state index is 0.150. The summed E-state index contributed by atoms with van der Waals surface area (Å²) in [5, 5.41) is 20.0. The summed E-state index contributed by atoms with van der Waals surface area (Å²) in [6.45, 7) is 5.23. The Bertz CT molecular complexity index is 1100. The van der Waals surface area contributed by atoms with Crippen LogP contribution in [0.3, 0.4) is 0 Å². The zero-order chi connectivity index (χ0) is 21.5. The molecular formula is C22H21F2NO4. The molecule has 0 saturated carbocycles. The molecule has 2 N–H and O–H groups in total. The minimum atomic E-state index is -1.07. The highest BCUT2D eigenvalue weighted by molar-refractivity contribution is 6.05. The molecule has 2 atom stereocenters. The fourth-order valence-corrected chi connectivity index (χ4v) is 3.71. The minimum Gasteiger partial charge on any atom is -0.505 e. The van der Waals surface area contributed by atoms with E-state index in [1.165, 1.54) is 16.7 Å². The first-order chi connectivity index (χ1) is 13.7. The van der Waals surface area contributed by atoms with Crippen molar-refractivity contribution in [1.29, 1.82) is 0 Å². The molecule has 0 aliphatic rings. The van der Waals surface area contributed by atoms with Crippen LogP contribution in [0.25, 0.3) is 10.9 Å². The molecule has 7 heteroatoms. The molecule has 0 amide bonds. The number of aromatic hydroxyl groups is 1. The van der Waals surface area contributed by atoms with Gasteiger partial charge in [-0.25, -0.2) is 8.78 Å². The number of nitrogens with zero attached hydrogens (tertiary/aromatic N) is 1. The second-order valence-corrected chi connectivity index (χ2v) is 7.17. The van der Waals surface area contributed by atoms with Crippen molar-refractivity contribution in [2.45, 2.75) is 33.1 Å². The van der Waals surface area contributed by atoms with Crippen LogP contribution in [0.4, 0.5) is 8.78 Å². The SMILES string of the molecule is CCC(C)[C@@H](C(=O)O)c1c(C)n(C(=O)c2ccc(F)cc2)c2cc(F)c(O)cc12. The number of carboxylic acid groups (broad SMARTS) is 1. The van der Waals surface area contributed by atoms with Crippen molar-refractivity contribution in [1.82, 2.24) is 4.57 Å². The molecular weight excluding hydrogens is 380 g/mol. The summed E-state index contributed by atoms with van der Waals surface area (Å²) in [6, 6.07) is 7.06. The maximum Gasteiger partial charge on any atom is 0.311 e. The predicted octanol–water partition coefficient (Wildman–Crippen LogP) is 4.84. The smallest absolute Gasteiger partial charge is 0.311 e. The van der Waals surface area contributed by atoms with Gasteiger partial charge >= 0.3 is 5.97 Å². The Morgan fingerprint density at radius 1 is 1.14 bits per heavy atom. The van der Waals surface area contributed by atoms with Crippen LogP contribution >= 0.6 is 0 Å². The monoisotopic (exact) mass is 401 g/mol. The fourth-order valence-electron chi connectivity index (χ4n) is 3.71. The van der Waals surface area contributed by atoms with Gasteiger partial charge in [0.2, 0.25) is 0 Å². The molecule has 0 saturated heterocycles. The maximum absolute atomic E-state index is 14.1. The standard InChI is InChI=1S/C22H21F2NO4/c1-4-11(2)19(22(28)29)20-12(3)25(17-10-16(24)18(26)9-15(17)20)21(27)13-5-7-14(23)8-6-13/h5-11,19,26H,4H2,1-3H3,(H,28,29)/t11?,19-/m1/s1. The third kappa shape index (κ3) is 3.48. The molecule has 5 nitrogen and oxygen atoms in total. The van der Waals surface area contributed by atoms with Crippen LogP contribution in [0.5, 0.6) is 5.75 Å². The Kier molecular flexibility index (Phi) is 5.42. The molecule has 0 spiro atoms. The summed E-state index contributed by atoms with van der Waals surface area (Å²) in [7, 11) is 0. The lowest BCUT2D eigenvalue weighted by Gasteiger charge is -2.20. The van der Waals surface area contributed by atoms with Gasteiger partial charge in [-0.1, -0.05) is 20.3 Å². The van der Waals surface area contributed by atoms with Gasteiger partial charge in [0.1, 0.15) is 5.82 Å². The van der Waals surface area contributed by atoms with Gasteiger partial charge in [-0.05, 0) is 48.7 Å². The average Bonchev–Trinajstić information content (AvgIpc) is 2.93. The highest BCUT2D eigenvalue weighted by Crippen LogP contribution is 2.39. The lowest BCUT2D eigenvalue weighted by atomic mass is 9.84. The normalized spacial score (nSPS) is 13.4. The van der Waals surface area contributed by atoms with Crippen molar-refractivity contribution in [3.63, 3.8) is 0 Å². The number of hydrogen-bond donors (Lipinski definition) is 2. The molecule has 1 unspecified atom stereocenters. The number of phenolic OH excluding ortho intramolecular Hbond substituents is 1. The molecule has 2 aromatic carbocycles. The van der Waals surface area contributed by atoms with Gasteiger partial charge in [-0.2, -0.15) is 0 Å². The lowest BCUT2D eigenvalue weighted by Crippen LogP contribution is -2.21. The van der Waals surface area contributed by atoms with Crippen molar-refractivity contribution < 1.29 is 28.6 Å². The van der Waals surface area contributed by atoms with E-state index < -0.39 is 35.2 Å². The summed E-state index contributed by atoms with van der Waals surface area (Å²) in [5.41, 5.74) is 1.01. The first-order valence-electron chi connectivity index (χ1n) is 9.23. The summed E-state index contributed by atoms with van der Waals surface area (Å²) in [6.07, 6.45) is 0.572. The highest BCUT2D eigenvalue weighted by Gasteiger charge is 2.33. The van der Waals surface area contributed by atoms with Crippen LogP contribution in [0.2, 0.25) is 0 Å². The zero-order valence-electron chi connectivity index (χ0n) is 16.2. The van der Waals surface area contributed by atoms with E-state index in [2.05, 4.69) is 0 Å². The van der Waals surface area contributed by atoms with E-state index in [1.807, 2.05) is 6.92 Å². The second-order valence-electron chi connectivity index (χ2n) is 7.17. The third-order valence-electron chi connectivity index (χ3n) is 5.41. The Balaban J connectivity index is 2.35. The Morgan fingerprint density at radius 2 is 1.76 bits per heavy atom. The number of carbonyl (C=O) groups excluding carboxylic acids is 1. The summed E-state index contributed by atoms with van der Waals surface area (Å²) in [4.78, 5) is 25.2. The van der Waals surface area contributed by atoms with Gasteiger partial charge in [-0.3, -0.25) is 14.2 Å². The van der Waals surface area contributed by atoms with Crippen LogP contribution in [0, 0.1) is 24.5 Å². The number of rotatable bonds is 5. The van der Waals surface area contributed by atoms with Gasteiger partial charge in [0.25, 0.3) is 5.91 Å². The van der Waals surface area contributed by atoms with E-state index in [9.17, 15) is 28.6 Å².